The van der Waals surface area contributed by atoms with Gasteiger partial charge in [0.2, 0.25) is 10.0 Å². The molecule has 0 aromatic heterocycles. The van der Waals surface area contributed by atoms with Crippen LogP contribution in [-0.4, -0.2) is 33.2 Å². The lowest BCUT2D eigenvalue weighted by Crippen LogP contribution is -2.46. The minimum Gasteiger partial charge on any atom is -0.490 e. The SMILES string of the molecule is CCOc1cc(/C=N\NC(=O)[C@H](Cc2ccccc2)NS(=O)(=O)c2ccc(I)cc2)cc(I)c1OCc1ccc(Br)cc1. The number of benzene rings is 4. The Morgan fingerprint density at radius 2 is 1.65 bits per heavy atom. The topological polar surface area (TPSA) is 106 Å². The van der Waals surface area contributed by atoms with Crippen molar-refractivity contribution in [2.24, 2.45) is 5.10 Å². The minimum atomic E-state index is -3.97. The molecule has 0 bridgehead atoms. The van der Waals surface area contributed by atoms with Crippen LogP contribution < -0.4 is 19.6 Å². The van der Waals surface area contributed by atoms with Crippen molar-refractivity contribution in [1.82, 2.24) is 10.1 Å². The van der Waals surface area contributed by atoms with Gasteiger partial charge in [0.25, 0.3) is 5.91 Å². The van der Waals surface area contributed by atoms with Gasteiger partial charge < -0.3 is 9.47 Å². The highest BCUT2D eigenvalue weighted by Crippen LogP contribution is 2.34. The average molecular weight is 888 g/mol. The van der Waals surface area contributed by atoms with E-state index >= 15 is 0 Å². The van der Waals surface area contributed by atoms with Gasteiger partial charge >= 0.3 is 0 Å². The van der Waals surface area contributed by atoms with E-state index in [1.807, 2.05) is 67.6 Å². The largest absolute Gasteiger partial charge is 0.490 e. The molecule has 224 valence electrons. The molecule has 0 aliphatic carbocycles. The molecule has 4 aromatic rings. The summed E-state index contributed by atoms with van der Waals surface area (Å²) in [7, 11) is -3.97. The zero-order valence-corrected chi connectivity index (χ0v) is 29.7. The summed E-state index contributed by atoms with van der Waals surface area (Å²) in [6.45, 7) is 2.69. The minimum absolute atomic E-state index is 0.0720. The standard InChI is InChI=1S/C31H28BrI2N3O5S/c1-2-41-29-18-23(16-27(34)30(29)42-20-22-8-10-24(32)11-9-22)19-35-36-31(38)28(17-21-6-4-3-5-7-21)37-43(39,40)26-14-12-25(33)13-15-26/h3-16,18-19,28,37H,2,17,20H2,1H3,(H,36,38)/b35-19-/t28-/m0/s1. The third-order valence-corrected chi connectivity index (χ3v) is 9.57. The lowest BCUT2D eigenvalue weighted by atomic mass is 10.1. The lowest BCUT2D eigenvalue weighted by Gasteiger charge is -2.17. The summed E-state index contributed by atoms with van der Waals surface area (Å²) in [6.07, 6.45) is 1.62. The molecule has 2 N–H and O–H groups in total. The molecule has 0 fully saturated rings. The summed E-state index contributed by atoms with van der Waals surface area (Å²) < 4.78 is 43.4. The van der Waals surface area contributed by atoms with Crippen LogP contribution in [0.3, 0.4) is 0 Å². The second-order valence-electron chi connectivity index (χ2n) is 9.23. The maximum absolute atomic E-state index is 13.2. The highest BCUT2D eigenvalue weighted by Gasteiger charge is 2.26. The van der Waals surface area contributed by atoms with Crippen molar-refractivity contribution < 1.29 is 22.7 Å². The van der Waals surface area contributed by atoms with E-state index in [0.717, 1.165) is 22.7 Å². The number of nitrogens with zero attached hydrogens (tertiary/aromatic N) is 1. The molecule has 0 spiro atoms. The Bertz CT molecular complexity index is 1670. The first kappa shape index (κ1) is 33.4. The van der Waals surface area contributed by atoms with Gasteiger partial charge in [0.15, 0.2) is 11.5 Å². The normalized spacial score (nSPS) is 12.2. The van der Waals surface area contributed by atoms with Crippen LogP contribution in [0.25, 0.3) is 0 Å². The van der Waals surface area contributed by atoms with E-state index in [0.29, 0.717) is 30.3 Å². The first-order valence-corrected chi connectivity index (χ1v) is 17.6. The second-order valence-corrected chi connectivity index (χ2v) is 14.3. The molecule has 0 radical (unpaired) electrons. The van der Waals surface area contributed by atoms with E-state index in [-0.39, 0.29) is 11.3 Å². The molecule has 12 heteroatoms. The Kier molecular flexibility index (Phi) is 12.4. The fraction of sp³-hybridized carbons (Fsp3) is 0.161. The van der Waals surface area contributed by atoms with E-state index in [9.17, 15) is 13.2 Å². The molecular formula is C31H28BrI2N3O5S. The average Bonchev–Trinajstić information content (AvgIpc) is 2.98. The molecule has 0 unspecified atom stereocenters. The molecule has 43 heavy (non-hydrogen) atoms. The van der Waals surface area contributed by atoms with Gasteiger partial charge in [0.05, 0.1) is 21.3 Å². The van der Waals surface area contributed by atoms with Crippen molar-refractivity contribution in [3.8, 4) is 11.5 Å². The van der Waals surface area contributed by atoms with E-state index < -0.39 is 22.0 Å². The highest BCUT2D eigenvalue weighted by molar-refractivity contribution is 14.1. The third kappa shape index (κ3) is 9.99. The summed E-state index contributed by atoms with van der Waals surface area (Å²) in [5.41, 5.74) is 4.97. The quantitative estimate of drug-likeness (QED) is 0.0887. The van der Waals surface area contributed by atoms with Crippen LogP contribution >= 0.6 is 61.1 Å². The predicted octanol–water partition coefficient (Wildman–Crippen LogP) is 6.68. The molecule has 4 aromatic carbocycles. The van der Waals surface area contributed by atoms with Gasteiger partial charge in [-0.25, -0.2) is 13.8 Å². The molecule has 8 nitrogen and oxygen atoms in total. The Labute approximate surface area is 287 Å². The maximum atomic E-state index is 13.2. The molecule has 4 rings (SSSR count). The van der Waals surface area contributed by atoms with Crippen LogP contribution in [0.4, 0.5) is 0 Å². The van der Waals surface area contributed by atoms with Crippen LogP contribution in [-0.2, 0) is 27.8 Å². The number of hydrogen-bond donors (Lipinski definition) is 2. The van der Waals surface area contributed by atoms with Crippen LogP contribution in [0, 0.1) is 7.14 Å². The van der Waals surface area contributed by atoms with Gasteiger partial charge in [0, 0.05) is 8.04 Å². The summed E-state index contributed by atoms with van der Waals surface area (Å²) in [6, 6.07) is 26.0. The number of halogens is 3. The van der Waals surface area contributed by atoms with Crippen LogP contribution in [0.2, 0.25) is 0 Å². The lowest BCUT2D eigenvalue weighted by molar-refractivity contribution is -0.122. The van der Waals surface area contributed by atoms with E-state index in [4.69, 9.17) is 9.47 Å². The second kappa shape index (κ2) is 16.0. The van der Waals surface area contributed by atoms with Crippen molar-refractivity contribution in [3.63, 3.8) is 0 Å². The van der Waals surface area contributed by atoms with E-state index in [1.165, 1.54) is 18.3 Å². The third-order valence-electron chi connectivity index (χ3n) is 6.04. The highest BCUT2D eigenvalue weighted by atomic mass is 127. The number of carbonyl (C=O) groups is 1. The molecule has 0 saturated heterocycles. The number of nitrogens with one attached hydrogen (secondary N) is 2. The zero-order chi connectivity index (χ0) is 30.8. The smallest absolute Gasteiger partial charge is 0.258 e. The molecule has 1 amide bonds. The molecule has 0 heterocycles. The monoisotopic (exact) mass is 887 g/mol. The van der Waals surface area contributed by atoms with Gasteiger partial charge in [-0.2, -0.15) is 9.82 Å². The fourth-order valence-electron chi connectivity index (χ4n) is 3.96. The van der Waals surface area contributed by atoms with Crippen LogP contribution in [0.1, 0.15) is 23.6 Å². The number of carbonyl (C=O) groups excluding carboxylic acids is 1. The van der Waals surface area contributed by atoms with E-state index in [2.05, 4.69) is 76.4 Å². The Balaban J connectivity index is 1.49. The molecule has 0 saturated carbocycles. The van der Waals surface area contributed by atoms with Gasteiger partial charge in [-0.05, 0) is 124 Å². The van der Waals surface area contributed by atoms with Crippen molar-refractivity contribution in [2.45, 2.75) is 30.9 Å². The number of sulfonamides is 1. The molecule has 0 aliphatic rings. The van der Waals surface area contributed by atoms with Crippen molar-refractivity contribution in [3.05, 3.63) is 119 Å². The first-order chi connectivity index (χ1) is 20.6. The summed E-state index contributed by atoms with van der Waals surface area (Å²) in [4.78, 5) is 13.3. The predicted molar refractivity (Wildman–Crippen MR) is 188 cm³/mol. The number of hydrogen-bond acceptors (Lipinski definition) is 6. The summed E-state index contributed by atoms with van der Waals surface area (Å²) >= 11 is 7.71. The molecule has 1 atom stereocenters. The van der Waals surface area contributed by atoms with Gasteiger partial charge in [-0.1, -0.05) is 58.4 Å². The number of rotatable bonds is 13. The number of hydrazone groups is 1. The van der Waals surface area contributed by atoms with Crippen LogP contribution in [0.5, 0.6) is 11.5 Å². The van der Waals surface area contributed by atoms with E-state index in [1.54, 1.807) is 18.2 Å². The van der Waals surface area contributed by atoms with Gasteiger partial charge in [0.1, 0.15) is 12.6 Å². The molecular weight excluding hydrogens is 860 g/mol. The van der Waals surface area contributed by atoms with Crippen LogP contribution in [0.15, 0.2) is 105 Å². The molecule has 0 aliphatic heterocycles. The Morgan fingerprint density at radius 3 is 2.33 bits per heavy atom. The number of ether oxygens (including phenoxy) is 2. The zero-order valence-electron chi connectivity index (χ0n) is 23.0. The fourth-order valence-corrected chi connectivity index (χ4v) is 6.56. The maximum Gasteiger partial charge on any atom is 0.258 e. The number of amides is 1. The Morgan fingerprint density at radius 1 is 0.953 bits per heavy atom. The van der Waals surface area contributed by atoms with Crippen molar-refractivity contribution in [1.29, 1.82) is 0 Å². The van der Waals surface area contributed by atoms with Gasteiger partial charge in [-0.3, -0.25) is 4.79 Å². The summed E-state index contributed by atoms with van der Waals surface area (Å²) in [5.74, 6) is 0.564. The van der Waals surface area contributed by atoms with Crippen molar-refractivity contribution >= 4 is 83.3 Å². The van der Waals surface area contributed by atoms with Gasteiger partial charge in [-0.15, -0.1) is 0 Å². The van der Waals surface area contributed by atoms with Crippen molar-refractivity contribution in [2.75, 3.05) is 6.61 Å². The summed E-state index contributed by atoms with van der Waals surface area (Å²) in [5, 5.41) is 4.13. The first-order valence-electron chi connectivity index (χ1n) is 13.1. The Hall–Kier alpha value is -2.53.